The van der Waals surface area contributed by atoms with E-state index in [2.05, 4.69) is 5.32 Å². The Morgan fingerprint density at radius 2 is 1.77 bits per heavy atom. The second-order valence-corrected chi connectivity index (χ2v) is 8.47. The van der Waals surface area contributed by atoms with Gasteiger partial charge in [-0.05, 0) is 57.0 Å². The molecule has 162 valence electrons. The fourth-order valence-electron chi connectivity index (χ4n) is 2.94. The van der Waals surface area contributed by atoms with Crippen LogP contribution in [0, 0.1) is 5.82 Å². The largest absolute Gasteiger partial charge is 0.481 e. The molecule has 0 fully saturated rings. The van der Waals surface area contributed by atoms with Gasteiger partial charge < -0.3 is 15.0 Å². The van der Waals surface area contributed by atoms with Gasteiger partial charge in [-0.15, -0.1) is 0 Å². The van der Waals surface area contributed by atoms with Crippen molar-refractivity contribution in [1.29, 1.82) is 0 Å². The zero-order valence-electron chi connectivity index (χ0n) is 17.7. The molecule has 0 aliphatic rings. The van der Waals surface area contributed by atoms with Crippen LogP contribution in [-0.2, 0) is 16.1 Å². The lowest BCUT2D eigenvalue weighted by Gasteiger charge is -2.33. The van der Waals surface area contributed by atoms with E-state index in [9.17, 15) is 14.0 Å². The van der Waals surface area contributed by atoms with Gasteiger partial charge in [-0.3, -0.25) is 9.59 Å². The summed E-state index contributed by atoms with van der Waals surface area (Å²) in [5, 5.41) is 3.51. The van der Waals surface area contributed by atoms with Crippen LogP contribution in [0.2, 0.25) is 5.02 Å². The summed E-state index contributed by atoms with van der Waals surface area (Å²) in [7, 11) is 0. The molecule has 1 N–H and O–H groups in total. The van der Waals surface area contributed by atoms with E-state index in [1.54, 1.807) is 36.4 Å². The summed E-state index contributed by atoms with van der Waals surface area (Å²) in [4.78, 5) is 27.4. The van der Waals surface area contributed by atoms with Crippen molar-refractivity contribution < 1.29 is 18.7 Å². The van der Waals surface area contributed by atoms with Crippen molar-refractivity contribution in [3.8, 4) is 5.75 Å². The van der Waals surface area contributed by atoms with Crippen molar-refractivity contribution >= 4 is 23.4 Å². The van der Waals surface area contributed by atoms with E-state index < -0.39 is 23.3 Å². The average molecular weight is 435 g/mol. The minimum absolute atomic E-state index is 0.00974. The predicted molar refractivity (Wildman–Crippen MR) is 116 cm³/mol. The Morgan fingerprint density at radius 3 is 2.33 bits per heavy atom. The van der Waals surface area contributed by atoms with Gasteiger partial charge in [0.25, 0.3) is 5.91 Å². The van der Waals surface area contributed by atoms with E-state index in [1.165, 1.54) is 17.0 Å². The van der Waals surface area contributed by atoms with E-state index in [-0.39, 0.29) is 24.8 Å². The third-order valence-corrected chi connectivity index (χ3v) is 4.59. The van der Waals surface area contributed by atoms with Gasteiger partial charge in [0.1, 0.15) is 6.04 Å². The van der Waals surface area contributed by atoms with Crippen molar-refractivity contribution in [3.05, 3.63) is 64.9 Å². The summed E-state index contributed by atoms with van der Waals surface area (Å²) in [5.41, 5.74) is 0.379. The molecule has 2 amide bonds. The standard InChI is InChI=1S/C23H28ClFN2O3/c1-5-19(22(29)26-23(2,3)4)27(14-16-10-12-17(24)13-11-16)21(28)15-30-20-9-7-6-8-18(20)25/h6-13,19H,5,14-15H2,1-4H3,(H,26,29). The Bertz CT molecular complexity index is 865. The maximum atomic E-state index is 13.8. The molecule has 0 saturated carbocycles. The summed E-state index contributed by atoms with van der Waals surface area (Å²) in [6.07, 6.45) is 0.418. The smallest absolute Gasteiger partial charge is 0.261 e. The first-order valence-electron chi connectivity index (χ1n) is 9.84. The number of amides is 2. The van der Waals surface area contributed by atoms with Crippen LogP contribution in [-0.4, -0.2) is 34.9 Å². The molecule has 0 bridgehead atoms. The molecular weight excluding hydrogens is 407 g/mol. The fraction of sp³-hybridized carbons (Fsp3) is 0.391. The second-order valence-electron chi connectivity index (χ2n) is 8.03. The maximum Gasteiger partial charge on any atom is 0.261 e. The van der Waals surface area contributed by atoms with E-state index in [1.807, 2.05) is 27.7 Å². The van der Waals surface area contributed by atoms with Crippen molar-refractivity contribution in [1.82, 2.24) is 10.2 Å². The molecular formula is C23H28ClFN2O3. The summed E-state index contributed by atoms with van der Waals surface area (Å²) in [5.74, 6) is -1.22. The van der Waals surface area contributed by atoms with Gasteiger partial charge in [0.15, 0.2) is 18.2 Å². The summed E-state index contributed by atoms with van der Waals surface area (Å²) in [6.45, 7) is 7.30. The van der Waals surface area contributed by atoms with Gasteiger partial charge in [0.2, 0.25) is 5.91 Å². The number of hydrogen-bond donors (Lipinski definition) is 1. The molecule has 5 nitrogen and oxygen atoms in total. The first kappa shape index (κ1) is 23.7. The van der Waals surface area contributed by atoms with Crippen LogP contribution in [0.5, 0.6) is 5.75 Å². The first-order chi connectivity index (χ1) is 14.1. The Labute approximate surface area is 182 Å². The lowest BCUT2D eigenvalue weighted by atomic mass is 10.1. The first-order valence-corrected chi connectivity index (χ1v) is 10.2. The topological polar surface area (TPSA) is 58.6 Å². The van der Waals surface area contributed by atoms with Crippen molar-refractivity contribution in [2.75, 3.05) is 6.61 Å². The molecule has 0 aliphatic carbocycles. The Balaban J connectivity index is 2.24. The van der Waals surface area contributed by atoms with Crippen LogP contribution >= 0.6 is 11.6 Å². The number of para-hydroxylation sites is 1. The number of benzene rings is 2. The van der Waals surface area contributed by atoms with Gasteiger partial charge in [0, 0.05) is 17.1 Å². The van der Waals surface area contributed by atoms with Crippen molar-refractivity contribution in [3.63, 3.8) is 0 Å². The SMILES string of the molecule is CCC(C(=O)NC(C)(C)C)N(Cc1ccc(Cl)cc1)C(=O)COc1ccccc1F. The minimum atomic E-state index is -0.698. The van der Waals surface area contributed by atoms with Gasteiger partial charge in [-0.1, -0.05) is 42.8 Å². The van der Waals surface area contributed by atoms with Gasteiger partial charge >= 0.3 is 0 Å². The summed E-state index contributed by atoms with van der Waals surface area (Å²) >= 11 is 5.96. The number of carbonyl (C=O) groups is 2. The molecule has 1 atom stereocenters. The van der Waals surface area contributed by atoms with Gasteiger partial charge in [-0.2, -0.15) is 0 Å². The molecule has 0 spiro atoms. The van der Waals surface area contributed by atoms with Crippen LogP contribution in [0.4, 0.5) is 4.39 Å². The number of rotatable bonds is 8. The Kier molecular flexibility index (Phi) is 8.24. The van der Waals surface area contributed by atoms with E-state index in [4.69, 9.17) is 16.3 Å². The number of nitrogens with zero attached hydrogens (tertiary/aromatic N) is 1. The van der Waals surface area contributed by atoms with Crippen LogP contribution in [0.3, 0.4) is 0 Å². The van der Waals surface area contributed by atoms with E-state index in [0.29, 0.717) is 11.4 Å². The highest BCUT2D eigenvalue weighted by atomic mass is 35.5. The molecule has 0 radical (unpaired) electrons. The molecule has 0 aromatic heterocycles. The summed E-state index contributed by atoms with van der Waals surface area (Å²) in [6, 6.07) is 12.2. The third kappa shape index (κ3) is 7.02. The normalized spacial score (nSPS) is 12.2. The number of carbonyl (C=O) groups excluding carboxylic acids is 2. The van der Waals surface area contributed by atoms with Crippen molar-refractivity contribution in [2.24, 2.45) is 0 Å². The highest BCUT2D eigenvalue weighted by Crippen LogP contribution is 2.18. The summed E-state index contributed by atoms with van der Waals surface area (Å²) < 4.78 is 19.2. The quantitative estimate of drug-likeness (QED) is 0.661. The molecule has 1 unspecified atom stereocenters. The zero-order chi connectivity index (χ0) is 22.3. The molecule has 0 aliphatic heterocycles. The Morgan fingerprint density at radius 1 is 1.13 bits per heavy atom. The highest BCUT2D eigenvalue weighted by Gasteiger charge is 2.31. The number of halogens is 2. The number of ether oxygens (including phenoxy) is 1. The van der Waals surface area contributed by atoms with Gasteiger partial charge in [0.05, 0.1) is 0 Å². The Hall–Kier alpha value is -2.60. The highest BCUT2D eigenvalue weighted by molar-refractivity contribution is 6.30. The van der Waals surface area contributed by atoms with Crippen LogP contribution < -0.4 is 10.1 Å². The molecule has 2 aromatic carbocycles. The van der Waals surface area contributed by atoms with Crippen LogP contribution in [0.1, 0.15) is 39.7 Å². The number of hydrogen-bond acceptors (Lipinski definition) is 3. The second kappa shape index (κ2) is 10.4. The molecule has 2 aromatic rings. The van der Waals surface area contributed by atoms with Crippen molar-refractivity contribution in [2.45, 2.75) is 52.2 Å². The molecule has 7 heteroatoms. The molecule has 30 heavy (non-hydrogen) atoms. The number of nitrogens with one attached hydrogen (secondary N) is 1. The zero-order valence-corrected chi connectivity index (χ0v) is 18.5. The average Bonchev–Trinajstić information content (AvgIpc) is 2.67. The maximum absolute atomic E-state index is 13.8. The van der Waals surface area contributed by atoms with E-state index in [0.717, 1.165) is 5.56 Å². The monoisotopic (exact) mass is 434 g/mol. The fourth-order valence-corrected chi connectivity index (χ4v) is 3.07. The van der Waals surface area contributed by atoms with Gasteiger partial charge in [-0.25, -0.2) is 4.39 Å². The van der Waals surface area contributed by atoms with E-state index >= 15 is 0 Å². The third-order valence-electron chi connectivity index (χ3n) is 4.34. The molecule has 0 saturated heterocycles. The predicted octanol–water partition coefficient (Wildman–Crippen LogP) is 4.58. The lowest BCUT2D eigenvalue weighted by Crippen LogP contribution is -2.54. The van der Waals surface area contributed by atoms with Crippen LogP contribution in [0.25, 0.3) is 0 Å². The minimum Gasteiger partial charge on any atom is -0.481 e. The lowest BCUT2D eigenvalue weighted by molar-refractivity contribution is -0.143. The van der Waals surface area contributed by atoms with Crippen LogP contribution in [0.15, 0.2) is 48.5 Å². The molecule has 2 rings (SSSR count). The molecule has 0 heterocycles.